The molecule has 1 amide bonds. The lowest BCUT2D eigenvalue weighted by molar-refractivity contribution is -0.129. The SMILES string of the molecule is CC(=O)N1CCc2c(c(-c3ccc(F)cc3)nn2CC[C@@H]2CCCN2C)C1. The number of carbonyl (C=O) groups excluding carboxylic acids is 1. The summed E-state index contributed by atoms with van der Waals surface area (Å²) in [6, 6.07) is 7.12. The topological polar surface area (TPSA) is 41.4 Å². The van der Waals surface area contributed by atoms with E-state index in [1.54, 1.807) is 19.1 Å². The van der Waals surface area contributed by atoms with E-state index in [0.717, 1.165) is 42.8 Å². The highest BCUT2D eigenvalue weighted by Crippen LogP contribution is 2.31. The minimum atomic E-state index is -0.248. The van der Waals surface area contributed by atoms with E-state index in [4.69, 9.17) is 5.10 Å². The molecule has 1 aromatic heterocycles. The molecule has 0 aliphatic carbocycles. The highest BCUT2D eigenvalue weighted by molar-refractivity contribution is 5.74. The van der Waals surface area contributed by atoms with Gasteiger partial charge in [0.15, 0.2) is 0 Å². The van der Waals surface area contributed by atoms with Gasteiger partial charge in [-0.15, -0.1) is 0 Å². The molecule has 6 heteroatoms. The molecule has 1 atom stereocenters. The molecule has 4 rings (SSSR count). The minimum absolute atomic E-state index is 0.0889. The molecule has 0 N–H and O–H groups in total. The number of amides is 1. The zero-order valence-electron chi connectivity index (χ0n) is 16.1. The van der Waals surface area contributed by atoms with Crippen molar-refractivity contribution in [3.8, 4) is 11.3 Å². The molecular formula is C21H27FN4O. The Kier molecular flexibility index (Phi) is 5.00. The summed E-state index contributed by atoms with van der Waals surface area (Å²) in [6.45, 7) is 5.00. The average Bonchev–Trinajstić information content (AvgIpc) is 3.23. The van der Waals surface area contributed by atoms with Crippen molar-refractivity contribution in [3.05, 3.63) is 41.3 Å². The highest BCUT2D eigenvalue weighted by atomic mass is 19.1. The van der Waals surface area contributed by atoms with Gasteiger partial charge in [-0.25, -0.2) is 4.39 Å². The fourth-order valence-electron chi connectivity index (χ4n) is 4.40. The number of hydrogen-bond acceptors (Lipinski definition) is 3. The number of aryl methyl sites for hydroxylation is 1. The van der Waals surface area contributed by atoms with E-state index < -0.39 is 0 Å². The number of hydrogen-bond donors (Lipinski definition) is 0. The summed E-state index contributed by atoms with van der Waals surface area (Å²) < 4.78 is 15.5. The van der Waals surface area contributed by atoms with Gasteiger partial charge in [0.25, 0.3) is 0 Å². The molecule has 1 saturated heterocycles. The first-order valence-electron chi connectivity index (χ1n) is 9.83. The average molecular weight is 370 g/mol. The first-order valence-corrected chi connectivity index (χ1v) is 9.83. The Morgan fingerprint density at radius 1 is 1.26 bits per heavy atom. The lowest BCUT2D eigenvalue weighted by Gasteiger charge is -2.27. The van der Waals surface area contributed by atoms with Crippen molar-refractivity contribution < 1.29 is 9.18 Å². The van der Waals surface area contributed by atoms with E-state index in [-0.39, 0.29) is 11.7 Å². The van der Waals surface area contributed by atoms with Crippen molar-refractivity contribution >= 4 is 5.91 Å². The number of benzene rings is 1. The highest BCUT2D eigenvalue weighted by Gasteiger charge is 2.28. The normalized spacial score (nSPS) is 20.1. The van der Waals surface area contributed by atoms with Crippen molar-refractivity contribution in [2.24, 2.45) is 0 Å². The third-order valence-electron chi connectivity index (χ3n) is 6.04. The van der Waals surface area contributed by atoms with Crippen molar-refractivity contribution in [1.82, 2.24) is 19.6 Å². The maximum Gasteiger partial charge on any atom is 0.219 e. The number of fused-ring (bicyclic) bond motifs is 1. The summed E-state index contributed by atoms with van der Waals surface area (Å²) in [5, 5.41) is 4.91. The van der Waals surface area contributed by atoms with Crippen molar-refractivity contribution in [2.75, 3.05) is 20.1 Å². The van der Waals surface area contributed by atoms with Crippen molar-refractivity contribution in [1.29, 1.82) is 0 Å². The number of aromatic nitrogens is 2. The van der Waals surface area contributed by atoms with Crippen LogP contribution in [0.1, 0.15) is 37.4 Å². The summed E-state index contributed by atoms with van der Waals surface area (Å²) in [5.74, 6) is -0.160. The standard InChI is InChI=1S/C21H27FN4O/c1-15(27)25-12-10-20-19(14-25)21(16-5-7-17(22)8-6-16)23-26(20)13-9-18-4-3-11-24(18)2/h5-8,18H,3-4,9-14H2,1-2H3/t18-/m0/s1. The second-order valence-corrected chi connectivity index (χ2v) is 7.76. The summed E-state index contributed by atoms with van der Waals surface area (Å²) in [4.78, 5) is 16.2. The molecule has 1 fully saturated rings. The molecule has 3 heterocycles. The van der Waals surface area contributed by atoms with Gasteiger partial charge in [-0.2, -0.15) is 5.10 Å². The zero-order valence-corrected chi connectivity index (χ0v) is 16.1. The molecule has 2 aliphatic heterocycles. The van der Waals surface area contributed by atoms with Gasteiger partial charge in [0.05, 0.1) is 5.69 Å². The van der Waals surface area contributed by atoms with Gasteiger partial charge in [0, 0.05) is 55.8 Å². The van der Waals surface area contributed by atoms with Crippen LogP contribution in [0.5, 0.6) is 0 Å². The van der Waals surface area contributed by atoms with E-state index in [0.29, 0.717) is 12.6 Å². The molecule has 0 unspecified atom stereocenters. The third kappa shape index (κ3) is 3.63. The Morgan fingerprint density at radius 3 is 2.70 bits per heavy atom. The number of likely N-dealkylation sites (tertiary alicyclic amines) is 1. The predicted octanol–water partition coefficient (Wildman–Crippen LogP) is 3.08. The molecule has 0 radical (unpaired) electrons. The Labute approximate surface area is 159 Å². The first-order chi connectivity index (χ1) is 13.0. The van der Waals surface area contributed by atoms with Crippen molar-refractivity contribution in [3.63, 3.8) is 0 Å². The van der Waals surface area contributed by atoms with Crippen LogP contribution in [0.3, 0.4) is 0 Å². The van der Waals surface area contributed by atoms with Crippen LogP contribution in [0.2, 0.25) is 0 Å². The number of nitrogens with zero attached hydrogens (tertiary/aromatic N) is 4. The number of carbonyl (C=O) groups is 1. The molecule has 27 heavy (non-hydrogen) atoms. The fourth-order valence-corrected chi connectivity index (χ4v) is 4.40. The van der Waals surface area contributed by atoms with Crippen molar-refractivity contribution in [2.45, 2.75) is 51.7 Å². The molecule has 5 nitrogen and oxygen atoms in total. The summed E-state index contributed by atoms with van der Waals surface area (Å²) in [7, 11) is 2.20. The number of halogens is 1. The maximum absolute atomic E-state index is 13.4. The third-order valence-corrected chi connectivity index (χ3v) is 6.04. The summed E-state index contributed by atoms with van der Waals surface area (Å²) in [5.41, 5.74) is 4.14. The summed E-state index contributed by atoms with van der Waals surface area (Å²) >= 11 is 0. The van der Waals surface area contributed by atoms with Crippen LogP contribution in [0.4, 0.5) is 4.39 Å². The molecule has 144 valence electrons. The van der Waals surface area contributed by atoms with E-state index >= 15 is 0 Å². The van der Waals surface area contributed by atoms with Gasteiger partial charge in [0.2, 0.25) is 5.91 Å². The summed E-state index contributed by atoms with van der Waals surface area (Å²) in [6.07, 6.45) is 4.43. The number of rotatable bonds is 4. The molecule has 1 aromatic carbocycles. The van der Waals surface area contributed by atoms with Crippen LogP contribution >= 0.6 is 0 Å². The van der Waals surface area contributed by atoms with Gasteiger partial charge >= 0.3 is 0 Å². The van der Waals surface area contributed by atoms with Crippen LogP contribution in [-0.4, -0.2) is 51.7 Å². The van der Waals surface area contributed by atoms with E-state index in [2.05, 4.69) is 16.6 Å². The molecule has 2 aliphatic rings. The first kappa shape index (κ1) is 18.2. The molecule has 0 bridgehead atoms. The Morgan fingerprint density at radius 2 is 2.04 bits per heavy atom. The van der Waals surface area contributed by atoms with Crippen LogP contribution < -0.4 is 0 Å². The lowest BCUT2D eigenvalue weighted by atomic mass is 10.0. The zero-order chi connectivity index (χ0) is 19.0. The quantitative estimate of drug-likeness (QED) is 0.831. The van der Waals surface area contributed by atoms with E-state index in [1.165, 1.54) is 37.2 Å². The van der Waals surface area contributed by atoms with Crippen LogP contribution in [0, 0.1) is 5.82 Å². The van der Waals surface area contributed by atoms with Crippen LogP contribution in [0.25, 0.3) is 11.3 Å². The Balaban J connectivity index is 1.65. The van der Waals surface area contributed by atoms with Gasteiger partial charge in [-0.3, -0.25) is 9.48 Å². The largest absolute Gasteiger partial charge is 0.338 e. The Bertz CT molecular complexity index is 829. The van der Waals surface area contributed by atoms with Crippen LogP contribution in [-0.2, 0) is 24.3 Å². The van der Waals surface area contributed by atoms with Gasteiger partial charge in [-0.1, -0.05) is 0 Å². The van der Waals surface area contributed by atoms with Gasteiger partial charge in [-0.05, 0) is 57.1 Å². The maximum atomic E-state index is 13.4. The molecular weight excluding hydrogens is 343 g/mol. The predicted molar refractivity (Wildman–Crippen MR) is 103 cm³/mol. The van der Waals surface area contributed by atoms with Gasteiger partial charge in [0.1, 0.15) is 5.82 Å². The van der Waals surface area contributed by atoms with Gasteiger partial charge < -0.3 is 9.80 Å². The second kappa shape index (κ2) is 7.43. The minimum Gasteiger partial charge on any atom is -0.338 e. The molecule has 0 spiro atoms. The van der Waals surface area contributed by atoms with E-state index in [9.17, 15) is 9.18 Å². The molecule has 2 aromatic rings. The lowest BCUT2D eigenvalue weighted by Crippen LogP contribution is -2.35. The fraction of sp³-hybridized carbons (Fsp3) is 0.524. The monoisotopic (exact) mass is 370 g/mol. The van der Waals surface area contributed by atoms with Crippen LogP contribution in [0.15, 0.2) is 24.3 Å². The molecule has 0 saturated carbocycles. The smallest absolute Gasteiger partial charge is 0.219 e. The Hall–Kier alpha value is -2.21. The second-order valence-electron chi connectivity index (χ2n) is 7.76. The van der Waals surface area contributed by atoms with E-state index in [1.807, 2.05) is 4.90 Å².